The minimum atomic E-state index is -0.471. The summed E-state index contributed by atoms with van der Waals surface area (Å²) < 4.78 is 0.627. The molecule has 1 heterocycles. The van der Waals surface area contributed by atoms with Crippen LogP contribution in [0.5, 0.6) is 0 Å². The summed E-state index contributed by atoms with van der Waals surface area (Å²) in [6.45, 7) is 0.334. The first-order valence-corrected chi connectivity index (χ1v) is 8.24. The van der Waals surface area contributed by atoms with Crippen LogP contribution in [0.3, 0.4) is 0 Å². The highest BCUT2D eigenvalue weighted by molar-refractivity contribution is 7.22. The fraction of sp³-hybridized carbons (Fsp3) is 0.0625. The Balaban J connectivity index is 1.74. The Bertz CT molecular complexity index is 1010. The molecule has 1 amide bonds. The quantitative estimate of drug-likeness (QED) is 0.271. The van der Waals surface area contributed by atoms with Crippen molar-refractivity contribution in [2.24, 2.45) is 16.5 Å². The molecule has 0 spiro atoms. The Hall–Kier alpha value is -3.53. The molecule has 1 aromatic heterocycles. The highest BCUT2D eigenvalue weighted by Gasteiger charge is 2.13. The lowest BCUT2D eigenvalue weighted by Gasteiger charge is -2.03. The lowest BCUT2D eigenvalue weighted by molar-refractivity contribution is -0.384. The summed E-state index contributed by atoms with van der Waals surface area (Å²) in [5, 5.41) is 13.9. The highest BCUT2D eigenvalue weighted by atomic mass is 32.1. The zero-order chi connectivity index (χ0) is 18.7. The van der Waals surface area contributed by atoms with E-state index in [0.29, 0.717) is 27.5 Å². The molecule has 0 aliphatic carbocycles. The number of amides is 1. The van der Waals surface area contributed by atoms with Crippen LogP contribution in [0.15, 0.2) is 47.5 Å². The van der Waals surface area contributed by atoms with Gasteiger partial charge in [0.15, 0.2) is 11.1 Å². The average molecular weight is 370 g/mol. The number of thiazole rings is 1. The molecule has 0 atom stereocenters. The van der Waals surface area contributed by atoms with E-state index >= 15 is 0 Å². The van der Waals surface area contributed by atoms with Crippen LogP contribution in [0.25, 0.3) is 10.2 Å². The number of nitrogens with one attached hydrogen (secondary N) is 1. The van der Waals surface area contributed by atoms with Gasteiger partial charge in [0.2, 0.25) is 0 Å². The number of nitro benzene ring substituents is 1. The fourth-order valence-corrected chi connectivity index (χ4v) is 3.09. The Morgan fingerprint density at radius 1 is 1.23 bits per heavy atom. The van der Waals surface area contributed by atoms with E-state index in [0.717, 1.165) is 5.56 Å². The van der Waals surface area contributed by atoms with E-state index in [1.807, 2.05) is 0 Å². The molecule has 9 nitrogen and oxygen atoms in total. The zero-order valence-electron chi connectivity index (χ0n) is 13.4. The summed E-state index contributed by atoms with van der Waals surface area (Å²) in [6.07, 6.45) is 0. The second kappa shape index (κ2) is 7.15. The molecular formula is C16H14N6O3S. The van der Waals surface area contributed by atoms with Crippen LogP contribution in [0.1, 0.15) is 15.9 Å². The number of aromatic nitrogens is 1. The second-order valence-corrected chi connectivity index (χ2v) is 6.35. The van der Waals surface area contributed by atoms with Gasteiger partial charge in [-0.2, -0.15) is 0 Å². The van der Waals surface area contributed by atoms with Crippen LogP contribution in [0.2, 0.25) is 0 Å². The van der Waals surface area contributed by atoms with Gasteiger partial charge < -0.3 is 11.5 Å². The molecule has 0 bridgehead atoms. The topological polar surface area (TPSA) is 150 Å². The molecule has 3 aromatic rings. The van der Waals surface area contributed by atoms with Gasteiger partial charge in [0.1, 0.15) is 0 Å². The van der Waals surface area contributed by atoms with E-state index in [4.69, 9.17) is 11.5 Å². The van der Waals surface area contributed by atoms with Crippen molar-refractivity contribution in [2.75, 3.05) is 5.32 Å². The Morgan fingerprint density at radius 3 is 2.62 bits per heavy atom. The van der Waals surface area contributed by atoms with Gasteiger partial charge in [-0.3, -0.25) is 20.2 Å². The SMILES string of the molecule is NC(N)=NCc1ccc(C(=O)Nc2nc3ccc([N+](=O)[O-])cc3s2)cc1. The molecule has 2 aromatic carbocycles. The van der Waals surface area contributed by atoms with Crippen molar-refractivity contribution in [1.29, 1.82) is 0 Å². The molecule has 5 N–H and O–H groups in total. The standard InChI is InChI=1S/C16H14N6O3S/c17-15(18)19-8-9-1-3-10(4-2-9)14(23)21-16-20-12-6-5-11(22(24)25)7-13(12)26-16/h1-7H,8H2,(H4,17,18,19)(H,20,21,23). The van der Waals surface area contributed by atoms with E-state index < -0.39 is 4.92 Å². The van der Waals surface area contributed by atoms with Crippen LogP contribution in [-0.4, -0.2) is 21.8 Å². The molecule has 0 saturated carbocycles. The van der Waals surface area contributed by atoms with Gasteiger partial charge in [-0.15, -0.1) is 0 Å². The molecule has 0 aliphatic heterocycles. The Morgan fingerprint density at radius 2 is 1.96 bits per heavy atom. The first kappa shape index (κ1) is 17.3. The number of hydrogen-bond acceptors (Lipinski definition) is 6. The van der Waals surface area contributed by atoms with Crippen molar-refractivity contribution >= 4 is 44.2 Å². The maximum Gasteiger partial charge on any atom is 0.270 e. The van der Waals surface area contributed by atoms with Gasteiger partial charge in [-0.25, -0.2) is 9.98 Å². The summed E-state index contributed by atoms with van der Waals surface area (Å²) in [5.74, 6) is -0.324. The zero-order valence-corrected chi connectivity index (χ0v) is 14.2. The van der Waals surface area contributed by atoms with Gasteiger partial charge in [-0.05, 0) is 23.8 Å². The third-order valence-corrected chi connectivity index (χ3v) is 4.40. The van der Waals surface area contributed by atoms with Crippen molar-refractivity contribution in [2.45, 2.75) is 6.54 Å². The summed E-state index contributed by atoms with van der Waals surface area (Å²) >= 11 is 1.17. The van der Waals surface area contributed by atoms with Crippen LogP contribution >= 0.6 is 11.3 Å². The number of benzene rings is 2. The predicted molar refractivity (Wildman–Crippen MR) is 100 cm³/mol. The third-order valence-electron chi connectivity index (χ3n) is 3.46. The smallest absolute Gasteiger partial charge is 0.270 e. The molecule has 0 radical (unpaired) electrons. The number of carbonyl (C=O) groups is 1. The number of anilines is 1. The van der Waals surface area contributed by atoms with Crippen molar-refractivity contribution in [3.8, 4) is 0 Å². The molecule has 0 fully saturated rings. The number of carbonyl (C=O) groups excluding carboxylic acids is 1. The van der Waals surface area contributed by atoms with Crippen molar-refractivity contribution in [3.63, 3.8) is 0 Å². The fourth-order valence-electron chi connectivity index (χ4n) is 2.19. The van der Waals surface area contributed by atoms with Gasteiger partial charge in [-0.1, -0.05) is 23.5 Å². The summed E-state index contributed by atoms with van der Waals surface area (Å²) in [5.41, 5.74) is 12.4. The maximum atomic E-state index is 12.3. The van der Waals surface area contributed by atoms with Crippen LogP contribution in [0.4, 0.5) is 10.8 Å². The average Bonchev–Trinajstić information content (AvgIpc) is 3.01. The van der Waals surface area contributed by atoms with Crippen LogP contribution in [0, 0.1) is 10.1 Å². The number of aliphatic imine (C=N–C) groups is 1. The molecule has 10 heteroatoms. The Labute approximate surface area is 151 Å². The maximum absolute atomic E-state index is 12.3. The highest BCUT2D eigenvalue weighted by Crippen LogP contribution is 2.29. The number of rotatable bonds is 5. The molecule has 26 heavy (non-hydrogen) atoms. The monoisotopic (exact) mass is 370 g/mol. The number of fused-ring (bicyclic) bond motifs is 1. The van der Waals surface area contributed by atoms with Gasteiger partial charge in [0.25, 0.3) is 11.6 Å². The third kappa shape index (κ3) is 3.92. The molecule has 132 valence electrons. The van der Waals surface area contributed by atoms with Crippen LogP contribution in [-0.2, 0) is 6.54 Å². The van der Waals surface area contributed by atoms with E-state index in [1.54, 1.807) is 30.3 Å². The Kier molecular flexibility index (Phi) is 4.76. The van der Waals surface area contributed by atoms with Crippen molar-refractivity contribution in [3.05, 3.63) is 63.7 Å². The predicted octanol–water partition coefficient (Wildman–Crippen LogP) is 2.23. The van der Waals surface area contributed by atoms with Crippen molar-refractivity contribution in [1.82, 2.24) is 4.98 Å². The minimum absolute atomic E-state index is 0.00268. The molecule has 0 saturated heterocycles. The number of nitro groups is 1. The van der Waals surface area contributed by atoms with Gasteiger partial charge in [0, 0.05) is 17.7 Å². The normalized spacial score (nSPS) is 10.5. The lowest BCUT2D eigenvalue weighted by atomic mass is 10.1. The first-order valence-electron chi connectivity index (χ1n) is 7.43. The first-order chi connectivity index (χ1) is 12.4. The van der Waals surface area contributed by atoms with Gasteiger partial charge in [0.05, 0.1) is 21.7 Å². The van der Waals surface area contributed by atoms with Crippen LogP contribution < -0.4 is 16.8 Å². The van der Waals surface area contributed by atoms with E-state index in [-0.39, 0.29) is 17.6 Å². The van der Waals surface area contributed by atoms with E-state index in [9.17, 15) is 14.9 Å². The summed E-state index contributed by atoms with van der Waals surface area (Å²) in [6, 6.07) is 11.2. The second-order valence-electron chi connectivity index (χ2n) is 5.32. The molecule has 0 unspecified atom stereocenters. The van der Waals surface area contributed by atoms with Gasteiger partial charge >= 0.3 is 0 Å². The number of nitrogens with zero attached hydrogens (tertiary/aromatic N) is 3. The molecule has 0 aliphatic rings. The summed E-state index contributed by atoms with van der Waals surface area (Å²) in [4.78, 5) is 30.8. The van der Waals surface area contributed by atoms with E-state index in [2.05, 4.69) is 15.3 Å². The number of nitrogens with two attached hydrogens (primary N) is 2. The lowest BCUT2D eigenvalue weighted by Crippen LogP contribution is -2.22. The minimum Gasteiger partial charge on any atom is -0.370 e. The summed E-state index contributed by atoms with van der Waals surface area (Å²) in [7, 11) is 0. The largest absolute Gasteiger partial charge is 0.370 e. The van der Waals surface area contributed by atoms with E-state index in [1.165, 1.54) is 23.5 Å². The number of guanidine groups is 1. The van der Waals surface area contributed by atoms with Crippen molar-refractivity contribution < 1.29 is 9.72 Å². The number of non-ortho nitro benzene ring substituents is 1. The molecular weight excluding hydrogens is 356 g/mol. The molecule has 3 rings (SSSR count). The number of hydrogen-bond donors (Lipinski definition) is 3.